The molecule has 0 spiro atoms. The van der Waals surface area contributed by atoms with Crippen molar-refractivity contribution in [2.24, 2.45) is 0 Å². The lowest BCUT2D eigenvalue weighted by molar-refractivity contribution is -0.136. The molecule has 1 aromatic heterocycles. The first kappa shape index (κ1) is 23.8. The van der Waals surface area contributed by atoms with Gasteiger partial charge in [-0.3, -0.25) is 14.4 Å². The van der Waals surface area contributed by atoms with Crippen molar-refractivity contribution < 1.29 is 23.9 Å². The van der Waals surface area contributed by atoms with Crippen molar-refractivity contribution in [1.82, 2.24) is 14.7 Å². The summed E-state index contributed by atoms with van der Waals surface area (Å²) in [7, 11) is 3.35. The molecule has 0 radical (unpaired) electrons. The number of nitrogens with zero attached hydrogens (tertiary/aromatic N) is 3. The van der Waals surface area contributed by atoms with Crippen LogP contribution < -0.4 is 0 Å². The summed E-state index contributed by atoms with van der Waals surface area (Å²) in [6, 6.07) is 10.5. The third-order valence-electron chi connectivity index (χ3n) is 4.94. The average molecular weight is 476 g/mol. The van der Waals surface area contributed by atoms with Crippen LogP contribution in [-0.2, 0) is 14.3 Å². The molecule has 0 unspecified atom stereocenters. The number of benzene rings is 1. The number of hydrogen-bond donors (Lipinski definition) is 0. The molecule has 170 valence electrons. The molecule has 1 saturated heterocycles. The van der Waals surface area contributed by atoms with Crippen LogP contribution in [0.5, 0.6) is 0 Å². The molecule has 8 nitrogen and oxygen atoms in total. The van der Waals surface area contributed by atoms with E-state index in [0.29, 0.717) is 41.5 Å². The summed E-state index contributed by atoms with van der Waals surface area (Å²) in [4.78, 5) is 55.4. The molecule has 1 fully saturated rings. The monoisotopic (exact) mass is 475 g/mol. The number of hydrogen-bond acceptors (Lipinski definition) is 7. The van der Waals surface area contributed by atoms with E-state index in [0.717, 1.165) is 0 Å². The van der Waals surface area contributed by atoms with Crippen LogP contribution in [0.4, 0.5) is 0 Å². The van der Waals surface area contributed by atoms with E-state index in [1.54, 1.807) is 54.2 Å². The fourth-order valence-electron chi connectivity index (χ4n) is 3.04. The predicted octanol–water partition coefficient (Wildman–Crippen LogP) is 2.07. The molecule has 1 aliphatic rings. The summed E-state index contributed by atoms with van der Waals surface area (Å²) in [5, 5.41) is 1.86. The van der Waals surface area contributed by atoms with E-state index < -0.39 is 5.97 Å². The Morgan fingerprint density at radius 1 is 1.00 bits per heavy atom. The fraction of sp³-hybridized carbons (Fsp3) is 0.364. The number of ether oxygens (including phenoxy) is 1. The highest BCUT2D eigenvalue weighted by Crippen LogP contribution is 2.23. The van der Waals surface area contributed by atoms with Gasteiger partial charge in [-0.05, 0) is 23.6 Å². The van der Waals surface area contributed by atoms with Gasteiger partial charge in [0.25, 0.3) is 11.8 Å². The fourth-order valence-corrected chi connectivity index (χ4v) is 4.75. The van der Waals surface area contributed by atoms with Gasteiger partial charge in [-0.25, -0.2) is 4.79 Å². The van der Waals surface area contributed by atoms with Gasteiger partial charge in [0.1, 0.15) is 0 Å². The summed E-state index contributed by atoms with van der Waals surface area (Å²) in [6.45, 7) is 1.30. The zero-order valence-corrected chi connectivity index (χ0v) is 19.6. The van der Waals surface area contributed by atoms with Crippen molar-refractivity contribution in [1.29, 1.82) is 0 Å². The van der Waals surface area contributed by atoms with E-state index in [4.69, 9.17) is 4.74 Å². The molecule has 0 saturated carbocycles. The Labute approximate surface area is 195 Å². The number of amides is 3. The lowest BCUT2D eigenvalue weighted by atomic mass is 10.2. The largest absolute Gasteiger partial charge is 0.452 e. The van der Waals surface area contributed by atoms with Crippen LogP contribution in [0.3, 0.4) is 0 Å². The molecule has 3 amide bonds. The maximum Gasteiger partial charge on any atom is 0.339 e. The zero-order chi connectivity index (χ0) is 23.1. The van der Waals surface area contributed by atoms with E-state index in [1.165, 1.54) is 28.0 Å². The molecule has 2 aromatic rings. The third-order valence-corrected chi connectivity index (χ3v) is 6.85. The van der Waals surface area contributed by atoms with Gasteiger partial charge in [0.05, 0.1) is 16.2 Å². The summed E-state index contributed by atoms with van der Waals surface area (Å²) in [6.07, 6.45) is 0. The van der Waals surface area contributed by atoms with Gasteiger partial charge in [0.2, 0.25) is 5.91 Å². The van der Waals surface area contributed by atoms with E-state index in [9.17, 15) is 19.2 Å². The van der Waals surface area contributed by atoms with Crippen LogP contribution in [0.15, 0.2) is 46.7 Å². The van der Waals surface area contributed by atoms with Gasteiger partial charge < -0.3 is 19.4 Å². The molecule has 32 heavy (non-hydrogen) atoms. The summed E-state index contributed by atoms with van der Waals surface area (Å²) < 4.78 is 5.25. The Kier molecular flexibility index (Phi) is 8.29. The first-order valence-corrected chi connectivity index (χ1v) is 11.9. The second kappa shape index (κ2) is 11.1. The van der Waals surface area contributed by atoms with Gasteiger partial charge in [-0.1, -0.05) is 18.2 Å². The number of carbonyl (C=O) groups excluding carboxylic acids is 4. The normalized spacial score (nSPS) is 13.6. The van der Waals surface area contributed by atoms with Crippen LogP contribution in [-0.4, -0.2) is 91.0 Å². The molecule has 0 atom stereocenters. The number of rotatable bonds is 7. The lowest BCUT2D eigenvalue weighted by Gasteiger charge is -2.34. The smallest absolute Gasteiger partial charge is 0.339 e. The average Bonchev–Trinajstić information content (AvgIpc) is 3.35. The minimum Gasteiger partial charge on any atom is -0.452 e. The SMILES string of the molecule is CN(C)C(=O)CSc1ccccc1C(=O)OCC(=O)N1CCN(C(=O)c2cccs2)CC1. The van der Waals surface area contributed by atoms with Crippen LogP contribution in [0.25, 0.3) is 0 Å². The minimum atomic E-state index is -0.606. The first-order valence-electron chi connectivity index (χ1n) is 10.1. The topological polar surface area (TPSA) is 87.2 Å². The van der Waals surface area contributed by atoms with Crippen molar-refractivity contribution in [2.45, 2.75) is 4.90 Å². The molecule has 0 N–H and O–H groups in total. The molecule has 0 aliphatic carbocycles. The Morgan fingerprint density at radius 3 is 2.34 bits per heavy atom. The molecule has 3 rings (SSSR count). The van der Waals surface area contributed by atoms with Crippen LogP contribution in [0, 0.1) is 0 Å². The molecule has 1 aliphatic heterocycles. The number of thiophene rings is 1. The summed E-state index contributed by atoms with van der Waals surface area (Å²) in [5.74, 6) is -0.796. The maximum atomic E-state index is 12.6. The molecule has 2 heterocycles. The van der Waals surface area contributed by atoms with Crippen molar-refractivity contribution in [3.8, 4) is 0 Å². The molecular formula is C22H25N3O5S2. The highest BCUT2D eigenvalue weighted by Gasteiger charge is 2.26. The second-order valence-electron chi connectivity index (χ2n) is 7.30. The highest BCUT2D eigenvalue weighted by molar-refractivity contribution is 8.00. The molecule has 0 bridgehead atoms. The summed E-state index contributed by atoms with van der Waals surface area (Å²) >= 11 is 2.65. The van der Waals surface area contributed by atoms with E-state index in [-0.39, 0.29) is 30.1 Å². The van der Waals surface area contributed by atoms with Gasteiger partial charge in [0.15, 0.2) is 6.61 Å². The van der Waals surface area contributed by atoms with E-state index in [2.05, 4.69) is 0 Å². The quantitative estimate of drug-likeness (QED) is 0.450. The maximum absolute atomic E-state index is 12.6. The van der Waals surface area contributed by atoms with E-state index >= 15 is 0 Å². The van der Waals surface area contributed by atoms with Gasteiger partial charge in [-0.2, -0.15) is 0 Å². The van der Waals surface area contributed by atoms with E-state index in [1.807, 2.05) is 11.4 Å². The molecule has 10 heteroatoms. The van der Waals surface area contributed by atoms with Crippen molar-refractivity contribution in [2.75, 3.05) is 52.6 Å². The summed E-state index contributed by atoms with van der Waals surface area (Å²) in [5.41, 5.74) is 0.322. The Morgan fingerprint density at radius 2 is 1.69 bits per heavy atom. The van der Waals surface area contributed by atoms with Gasteiger partial charge in [-0.15, -0.1) is 23.1 Å². The highest BCUT2D eigenvalue weighted by atomic mass is 32.2. The number of piperazine rings is 1. The zero-order valence-electron chi connectivity index (χ0n) is 18.0. The minimum absolute atomic E-state index is 0.0274. The Balaban J connectivity index is 1.49. The number of carbonyl (C=O) groups is 4. The molecule has 1 aromatic carbocycles. The standard InChI is InChI=1S/C22H25N3O5S2/c1-23(2)20(27)15-32-17-7-4-3-6-16(17)22(29)30-14-19(26)24-9-11-25(12-10-24)21(28)18-8-5-13-31-18/h3-8,13H,9-12,14-15H2,1-2H3. The van der Waals surface area contributed by atoms with Crippen molar-refractivity contribution in [3.05, 3.63) is 52.2 Å². The lowest BCUT2D eigenvalue weighted by Crippen LogP contribution is -2.51. The van der Waals surface area contributed by atoms with Crippen LogP contribution in [0.2, 0.25) is 0 Å². The van der Waals surface area contributed by atoms with Gasteiger partial charge >= 0.3 is 5.97 Å². The number of esters is 1. The Hall–Kier alpha value is -2.85. The predicted molar refractivity (Wildman–Crippen MR) is 123 cm³/mol. The second-order valence-corrected chi connectivity index (χ2v) is 9.26. The van der Waals surface area contributed by atoms with Crippen molar-refractivity contribution in [3.63, 3.8) is 0 Å². The third kappa shape index (κ3) is 6.10. The van der Waals surface area contributed by atoms with Crippen LogP contribution >= 0.6 is 23.1 Å². The van der Waals surface area contributed by atoms with Gasteiger partial charge in [0, 0.05) is 45.2 Å². The van der Waals surface area contributed by atoms with Crippen molar-refractivity contribution >= 4 is 46.8 Å². The Bertz CT molecular complexity index is 970. The molecular weight excluding hydrogens is 450 g/mol. The first-order chi connectivity index (χ1) is 15.4. The van der Waals surface area contributed by atoms with Crippen LogP contribution in [0.1, 0.15) is 20.0 Å². The number of thioether (sulfide) groups is 1.